The fraction of sp³-hybridized carbons (Fsp3) is 0.381. The van der Waals surface area contributed by atoms with Crippen molar-refractivity contribution in [2.45, 2.75) is 25.3 Å². The molecule has 30 heavy (non-hydrogen) atoms. The molecule has 3 rings (SSSR count). The van der Waals surface area contributed by atoms with Crippen molar-refractivity contribution >= 4 is 34.9 Å². The van der Waals surface area contributed by atoms with Gasteiger partial charge in [-0.1, -0.05) is 18.6 Å². The van der Waals surface area contributed by atoms with Gasteiger partial charge in [-0.3, -0.25) is 9.59 Å². The lowest BCUT2D eigenvalue weighted by Gasteiger charge is -2.16. The van der Waals surface area contributed by atoms with Crippen LogP contribution in [0.1, 0.15) is 39.3 Å². The van der Waals surface area contributed by atoms with Crippen LogP contribution in [0.15, 0.2) is 30.3 Å². The molecule has 0 spiro atoms. The third kappa shape index (κ3) is 5.37. The second-order valence-corrected chi connectivity index (χ2v) is 8.54. The van der Waals surface area contributed by atoms with Gasteiger partial charge in [-0.2, -0.15) is 0 Å². The first-order valence-electron chi connectivity index (χ1n) is 9.89. The van der Waals surface area contributed by atoms with Crippen LogP contribution in [-0.4, -0.2) is 56.0 Å². The molecule has 2 heterocycles. The van der Waals surface area contributed by atoms with E-state index in [1.807, 2.05) is 12.1 Å². The first-order chi connectivity index (χ1) is 14.3. The molecule has 0 aliphatic carbocycles. The predicted octanol–water partition coefficient (Wildman–Crippen LogP) is 2.48. The Balaban J connectivity index is 1.84. The third-order valence-corrected chi connectivity index (χ3v) is 6.08. The molecule has 8 nitrogen and oxygen atoms in total. The van der Waals surface area contributed by atoms with Crippen LogP contribution in [0.5, 0.6) is 0 Å². The normalized spacial score (nSPS) is 16.4. The molecule has 160 valence electrons. The smallest absolute Gasteiger partial charge is 0.316 e. The number of thiophene rings is 1. The molecule has 0 unspecified atom stereocenters. The van der Waals surface area contributed by atoms with Crippen LogP contribution >= 0.6 is 11.3 Å². The molecule has 1 aliphatic heterocycles. The summed E-state index contributed by atoms with van der Waals surface area (Å²) in [5.74, 6) is -0.316. The van der Waals surface area contributed by atoms with Crippen LogP contribution in [-0.2, 0) is 0 Å². The second kappa shape index (κ2) is 9.73. The summed E-state index contributed by atoms with van der Waals surface area (Å²) < 4.78 is 0. The fourth-order valence-electron chi connectivity index (χ4n) is 3.36. The summed E-state index contributed by atoms with van der Waals surface area (Å²) in [6, 6.07) is 8.20. The van der Waals surface area contributed by atoms with Crippen LogP contribution in [0.4, 0.5) is 10.5 Å². The summed E-state index contributed by atoms with van der Waals surface area (Å²) in [6.07, 6.45) is 3.06. The number of carbonyl (C=O) groups excluding carboxylic acids is 3. The van der Waals surface area contributed by atoms with E-state index in [0.717, 1.165) is 42.8 Å². The Morgan fingerprint density at radius 1 is 1.17 bits per heavy atom. The van der Waals surface area contributed by atoms with Gasteiger partial charge in [-0.05, 0) is 43.1 Å². The lowest BCUT2D eigenvalue weighted by Crippen LogP contribution is -2.40. The van der Waals surface area contributed by atoms with E-state index >= 15 is 0 Å². The summed E-state index contributed by atoms with van der Waals surface area (Å²) in [5.41, 5.74) is 7.11. The lowest BCUT2D eigenvalue weighted by molar-refractivity contribution is 0.0827. The van der Waals surface area contributed by atoms with Crippen LogP contribution in [0.2, 0.25) is 0 Å². The average Bonchev–Trinajstić information content (AvgIpc) is 2.95. The molecule has 2 aromatic rings. The Hall–Kier alpha value is -2.91. The van der Waals surface area contributed by atoms with Gasteiger partial charge in [0.25, 0.3) is 11.8 Å². The van der Waals surface area contributed by atoms with E-state index in [4.69, 9.17) is 5.73 Å². The van der Waals surface area contributed by atoms with E-state index in [-0.39, 0.29) is 17.9 Å². The summed E-state index contributed by atoms with van der Waals surface area (Å²) in [5, 5.41) is 8.93. The highest BCUT2D eigenvalue weighted by molar-refractivity contribution is 7.18. The zero-order valence-corrected chi connectivity index (χ0v) is 18.0. The van der Waals surface area contributed by atoms with Crippen molar-refractivity contribution in [3.8, 4) is 10.4 Å². The number of amides is 4. The maximum Gasteiger partial charge on any atom is 0.316 e. The van der Waals surface area contributed by atoms with E-state index in [0.29, 0.717) is 16.1 Å². The zero-order valence-electron chi connectivity index (χ0n) is 17.2. The van der Waals surface area contributed by atoms with Gasteiger partial charge in [-0.15, -0.1) is 11.3 Å². The third-order valence-electron chi connectivity index (χ3n) is 4.90. The monoisotopic (exact) mass is 429 g/mol. The Bertz CT molecular complexity index is 915. The molecule has 0 radical (unpaired) electrons. The standard InChI is InChI=1S/C21H27N5O3S/c1-26(2)20(28)14-8-6-13(7-9-14)17-11-16(25-21(22)29)18(30-17)19(27)24-15-5-3-4-10-23-12-15/h6-9,11,15,23H,3-5,10,12H2,1-2H3,(H,24,27)(H3,22,25,29)/t15-/m0/s1. The minimum absolute atomic E-state index is 0.0447. The molecule has 1 fully saturated rings. The summed E-state index contributed by atoms with van der Waals surface area (Å²) in [6.45, 7) is 1.68. The number of nitrogens with zero attached hydrogens (tertiary/aromatic N) is 1. The van der Waals surface area contributed by atoms with Crippen molar-refractivity contribution in [1.29, 1.82) is 0 Å². The van der Waals surface area contributed by atoms with Crippen molar-refractivity contribution in [1.82, 2.24) is 15.5 Å². The first-order valence-corrected chi connectivity index (χ1v) is 10.7. The fourth-order valence-corrected chi connectivity index (χ4v) is 4.38. The van der Waals surface area contributed by atoms with Crippen LogP contribution in [0.3, 0.4) is 0 Å². The van der Waals surface area contributed by atoms with Gasteiger partial charge in [0.05, 0.1) is 5.69 Å². The molecule has 0 saturated carbocycles. The van der Waals surface area contributed by atoms with Crippen molar-refractivity contribution < 1.29 is 14.4 Å². The molecular weight excluding hydrogens is 402 g/mol. The first kappa shape index (κ1) is 21.8. The summed E-state index contributed by atoms with van der Waals surface area (Å²) >= 11 is 1.28. The van der Waals surface area contributed by atoms with Gasteiger partial charge in [0.1, 0.15) is 4.88 Å². The SMILES string of the molecule is CN(C)C(=O)c1ccc(-c2cc(NC(N)=O)c(C(=O)N[C@H]3CCCCNC3)s2)cc1. The molecule has 1 atom stereocenters. The van der Waals surface area contributed by atoms with Gasteiger partial charge in [0, 0.05) is 37.1 Å². The van der Waals surface area contributed by atoms with Crippen molar-refractivity contribution in [2.75, 3.05) is 32.5 Å². The molecule has 9 heteroatoms. The van der Waals surface area contributed by atoms with E-state index in [9.17, 15) is 14.4 Å². The molecular formula is C21H27N5O3S. The number of primary amides is 1. The quantitative estimate of drug-likeness (QED) is 0.584. The highest BCUT2D eigenvalue weighted by Crippen LogP contribution is 2.35. The number of hydrogen-bond donors (Lipinski definition) is 4. The number of benzene rings is 1. The molecule has 5 N–H and O–H groups in total. The number of nitrogens with one attached hydrogen (secondary N) is 3. The number of nitrogens with two attached hydrogens (primary N) is 1. The maximum absolute atomic E-state index is 12.9. The predicted molar refractivity (Wildman–Crippen MR) is 119 cm³/mol. The van der Waals surface area contributed by atoms with Gasteiger partial charge < -0.3 is 26.6 Å². The Morgan fingerprint density at radius 2 is 1.90 bits per heavy atom. The van der Waals surface area contributed by atoms with Crippen molar-refractivity contribution in [2.24, 2.45) is 5.73 Å². The number of carbonyl (C=O) groups is 3. The summed E-state index contributed by atoms with van der Waals surface area (Å²) in [4.78, 5) is 39.2. The average molecular weight is 430 g/mol. The number of urea groups is 1. The van der Waals surface area contributed by atoms with E-state index in [1.165, 1.54) is 16.2 Å². The van der Waals surface area contributed by atoms with Gasteiger partial charge in [-0.25, -0.2) is 4.79 Å². The van der Waals surface area contributed by atoms with Crippen LogP contribution < -0.4 is 21.7 Å². The topological polar surface area (TPSA) is 117 Å². The van der Waals surface area contributed by atoms with Gasteiger partial charge >= 0.3 is 6.03 Å². The second-order valence-electron chi connectivity index (χ2n) is 7.49. The molecule has 1 aromatic heterocycles. The Morgan fingerprint density at radius 3 is 2.57 bits per heavy atom. The Kier molecular flexibility index (Phi) is 7.07. The van der Waals surface area contributed by atoms with E-state index < -0.39 is 6.03 Å². The van der Waals surface area contributed by atoms with Crippen molar-refractivity contribution in [3.05, 3.63) is 40.8 Å². The molecule has 4 amide bonds. The molecule has 1 aromatic carbocycles. The Labute approximate surface area is 179 Å². The minimum Gasteiger partial charge on any atom is -0.351 e. The molecule has 0 bridgehead atoms. The van der Waals surface area contributed by atoms with Crippen molar-refractivity contribution in [3.63, 3.8) is 0 Å². The van der Waals surface area contributed by atoms with Gasteiger partial charge in [0.2, 0.25) is 0 Å². The number of rotatable bonds is 5. The molecule has 1 saturated heterocycles. The largest absolute Gasteiger partial charge is 0.351 e. The maximum atomic E-state index is 12.9. The summed E-state index contributed by atoms with van der Waals surface area (Å²) in [7, 11) is 3.40. The minimum atomic E-state index is -0.725. The van der Waals surface area contributed by atoms with Crippen LogP contribution in [0, 0.1) is 0 Å². The molecule has 1 aliphatic rings. The highest BCUT2D eigenvalue weighted by atomic mass is 32.1. The lowest BCUT2D eigenvalue weighted by atomic mass is 10.1. The number of hydrogen-bond acceptors (Lipinski definition) is 5. The zero-order chi connectivity index (χ0) is 21.7. The van der Waals surface area contributed by atoms with E-state index in [2.05, 4.69) is 16.0 Å². The van der Waals surface area contributed by atoms with E-state index in [1.54, 1.807) is 32.3 Å². The number of anilines is 1. The van der Waals surface area contributed by atoms with Gasteiger partial charge in [0.15, 0.2) is 0 Å². The highest BCUT2D eigenvalue weighted by Gasteiger charge is 2.22. The van der Waals surface area contributed by atoms with Crippen LogP contribution in [0.25, 0.3) is 10.4 Å².